The third-order valence-electron chi connectivity index (χ3n) is 5.58. The number of imide groups is 1. The van der Waals surface area contributed by atoms with E-state index in [1.165, 1.54) is 20.0 Å². The minimum atomic E-state index is -1.08. The second kappa shape index (κ2) is 9.06. The summed E-state index contributed by atoms with van der Waals surface area (Å²) < 4.78 is 5.02. The van der Waals surface area contributed by atoms with Crippen LogP contribution < -0.4 is 10.6 Å². The fourth-order valence-corrected chi connectivity index (χ4v) is 4.01. The molecule has 0 aromatic heterocycles. The van der Waals surface area contributed by atoms with Gasteiger partial charge in [-0.1, -0.05) is 18.9 Å². The van der Waals surface area contributed by atoms with Gasteiger partial charge in [0.25, 0.3) is 11.8 Å². The van der Waals surface area contributed by atoms with Gasteiger partial charge in [0.15, 0.2) is 6.61 Å². The van der Waals surface area contributed by atoms with Crippen molar-refractivity contribution < 1.29 is 28.7 Å². The number of anilines is 1. The van der Waals surface area contributed by atoms with Gasteiger partial charge in [0.1, 0.15) is 6.04 Å². The Balaban J connectivity index is 1.55. The predicted molar refractivity (Wildman–Crippen MR) is 106 cm³/mol. The Kier molecular flexibility index (Phi) is 6.49. The fraction of sp³-hybridized carbons (Fsp3) is 0.476. The molecule has 0 bridgehead atoms. The monoisotopic (exact) mass is 415 g/mol. The Hall–Kier alpha value is -3.23. The molecule has 0 radical (unpaired) electrons. The van der Waals surface area contributed by atoms with Crippen LogP contribution in [0, 0.1) is 11.8 Å². The molecule has 3 rings (SSSR count). The lowest BCUT2D eigenvalue weighted by Gasteiger charge is -2.21. The van der Waals surface area contributed by atoms with Crippen LogP contribution in [0.4, 0.5) is 5.69 Å². The van der Waals surface area contributed by atoms with E-state index in [-0.39, 0.29) is 29.6 Å². The highest BCUT2D eigenvalue weighted by atomic mass is 16.5. The zero-order chi connectivity index (χ0) is 21.8. The molecule has 2 fully saturated rings. The van der Waals surface area contributed by atoms with Crippen molar-refractivity contribution in [3.63, 3.8) is 0 Å². The number of ether oxygens (including phenoxy) is 1. The second-order valence-electron chi connectivity index (χ2n) is 7.54. The van der Waals surface area contributed by atoms with Crippen molar-refractivity contribution in [1.29, 1.82) is 0 Å². The molecule has 1 saturated carbocycles. The van der Waals surface area contributed by atoms with E-state index in [0.29, 0.717) is 24.1 Å². The van der Waals surface area contributed by atoms with E-state index < -0.39 is 24.5 Å². The van der Waals surface area contributed by atoms with Crippen LogP contribution in [0.2, 0.25) is 0 Å². The summed E-state index contributed by atoms with van der Waals surface area (Å²) in [5.41, 5.74) is 0.743. The van der Waals surface area contributed by atoms with Gasteiger partial charge in [0, 0.05) is 18.3 Å². The van der Waals surface area contributed by atoms with Crippen LogP contribution in [0.5, 0.6) is 0 Å². The molecule has 2 N–H and O–H groups in total. The van der Waals surface area contributed by atoms with E-state index in [1.54, 1.807) is 18.2 Å². The first-order valence-electron chi connectivity index (χ1n) is 9.99. The highest BCUT2D eigenvalue weighted by Crippen LogP contribution is 2.38. The Morgan fingerprint density at radius 2 is 1.77 bits per heavy atom. The number of rotatable bonds is 6. The van der Waals surface area contributed by atoms with E-state index in [1.807, 2.05) is 0 Å². The summed E-state index contributed by atoms with van der Waals surface area (Å²) in [6.07, 6.45) is 3.11. The Labute approximate surface area is 174 Å². The van der Waals surface area contributed by atoms with E-state index in [2.05, 4.69) is 10.6 Å². The first-order valence-corrected chi connectivity index (χ1v) is 9.99. The number of hydrogen-bond acceptors (Lipinski definition) is 6. The number of fused-ring (bicyclic) bond motifs is 1. The SMILES string of the molecule is CNC(=O)c1cccc(NC(=O)COC(=O)[C@H](C)N2C(=O)[C@H]3CCCC[C@H]3C2=O)c1. The maximum Gasteiger partial charge on any atom is 0.329 e. The molecule has 1 aliphatic heterocycles. The summed E-state index contributed by atoms with van der Waals surface area (Å²) in [7, 11) is 1.50. The first-order chi connectivity index (χ1) is 14.3. The lowest BCUT2D eigenvalue weighted by atomic mass is 9.81. The molecule has 2 aliphatic rings. The van der Waals surface area contributed by atoms with Crippen molar-refractivity contribution in [1.82, 2.24) is 10.2 Å². The molecule has 1 aliphatic carbocycles. The van der Waals surface area contributed by atoms with Crippen LogP contribution in [-0.4, -0.2) is 54.2 Å². The summed E-state index contributed by atoms with van der Waals surface area (Å²) >= 11 is 0. The van der Waals surface area contributed by atoms with Gasteiger partial charge in [-0.2, -0.15) is 0 Å². The summed E-state index contributed by atoms with van der Waals surface area (Å²) in [5, 5.41) is 5.03. The quantitative estimate of drug-likeness (QED) is 0.530. The number of nitrogens with one attached hydrogen (secondary N) is 2. The van der Waals surface area contributed by atoms with Crippen molar-refractivity contribution in [3.8, 4) is 0 Å². The lowest BCUT2D eigenvalue weighted by molar-refractivity contribution is -0.159. The number of hydrogen-bond donors (Lipinski definition) is 2. The van der Waals surface area contributed by atoms with Gasteiger partial charge in [-0.05, 0) is 38.0 Å². The molecule has 4 amide bonds. The average molecular weight is 415 g/mol. The average Bonchev–Trinajstić information content (AvgIpc) is 3.01. The molecule has 0 unspecified atom stereocenters. The third-order valence-corrected chi connectivity index (χ3v) is 5.58. The molecule has 0 spiro atoms. The lowest BCUT2D eigenvalue weighted by Crippen LogP contribution is -2.45. The van der Waals surface area contributed by atoms with Crippen molar-refractivity contribution in [2.75, 3.05) is 19.0 Å². The van der Waals surface area contributed by atoms with Crippen LogP contribution in [0.3, 0.4) is 0 Å². The van der Waals surface area contributed by atoms with Crippen molar-refractivity contribution in [2.45, 2.75) is 38.6 Å². The Morgan fingerprint density at radius 1 is 1.13 bits per heavy atom. The molecule has 9 heteroatoms. The standard InChI is InChI=1S/C21H25N3O6/c1-12(24-19(27)15-8-3-4-9-16(15)20(24)28)21(29)30-11-17(25)23-14-7-5-6-13(10-14)18(26)22-2/h5-7,10,12,15-16H,3-4,8-9,11H2,1-2H3,(H,22,26)(H,23,25)/t12-,15-,16+/m0/s1. The minimum absolute atomic E-state index is 0.299. The zero-order valence-corrected chi connectivity index (χ0v) is 17.0. The zero-order valence-electron chi connectivity index (χ0n) is 17.0. The molecule has 1 heterocycles. The number of carbonyl (C=O) groups excluding carboxylic acids is 5. The summed E-state index contributed by atoms with van der Waals surface area (Å²) in [6, 6.07) is 5.21. The molecule has 30 heavy (non-hydrogen) atoms. The second-order valence-corrected chi connectivity index (χ2v) is 7.54. The van der Waals surface area contributed by atoms with E-state index >= 15 is 0 Å². The first kappa shape index (κ1) is 21.5. The molecule has 9 nitrogen and oxygen atoms in total. The molecular weight excluding hydrogens is 390 g/mol. The largest absolute Gasteiger partial charge is 0.454 e. The Bertz CT molecular complexity index is 859. The highest BCUT2D eigenvalue weighted by molar-refractivity contribution is 6.08. The maximum atomic E-state index is 12.6. The van der Waals surface area contributed by atoms with Crippen LogP contribution in [0.1, 0.15) is 43.0 Å². The van der Waals surface area contributed by atoms with Crippen LogP contribution in [0.25, 0.3) is 0 Å². The molecule has 3 atom stereocenters. The van der Waals surface area contributed by atoms with Gasteiger partial charge in [0.05, 0.1) is 11.8 Å². The molecule has 1 saturated heterocycles. The van der Waals surface area contributed by atoms with E-state index in [9.17, 15) is 24.0 Å². The normalized spacial score (nSPS) is 21.6. The number of esters is 1. The van der Waals surface area contributed by atoms with E-state index in [0.717, 1.165) is 17.7 Å². The van der Waals surface area contributed by atoms with Gasteiger partial charge in [-0.3, -0.25) is 24.1 Å². The van der Waals surface area contributed by atoms with Crippen molar-refractivity contribution in [2.24, 2.45) is 11.8 Å². The van der Waals surface area contributed by atoms with Gasteiger partial charge in [-0.25, -0.2) is 4.79 Å². The number of carbonyl (C=O) groups is 5. The number of likely N-dealkylation sites (tertiary alicyclic amines) is 1. The maximum absolute atomic E-state index is 12.6. The van der Waals surface area contributed by atoms with Crippen LogP contribution in [-0.2, 0) is 23.9 Å². The van der Waals surface area contributed by atoms with Gasteiger partial charge in [-0.15, -0.1) is 0 Å². The topological polar surface area (TPSA) is 122 Å². The summed E-state index contributed by atoms with van der Waals surface area (Å²) in [5.74, 6) is -3.07. The highest BCUT2D eigenvalue weighted by Gasteiger charge is 2.51. The Morgan fingerprint density at radius 3 is 2.37 bits per heavy atom. The number of amides is 4. The van der Waals surface area contributed by atoms with Crippen molar-refractivity contribution in [3.05, 3.63) is 29.8 Å². The fourth-order valence-electron chi connectivity index (χ4n) is 4.01. The van der Waals surface area contributed by atoms with Gasteiger partial charge >= 0.3 is 5.97 Å². The predicted octanol–water partition coefficient (Wildman–Crippen LogP) is 1.09. The van der Waals surface area contributed by atoms with Crippen LogP contribution in [0.15, 0.2) is 24.3 Å². The van der Waals surface area contributed by atoms with Crippen molar-refractivity contribution >= 4 is 35.3 Å². The third kappa shape index (κ3) is 4.34. The number of benzene rings is 1. The van der Waals surface area contributed by atoms with E-state index in [4.69, 9.17) is 4.74 Å². The molecule has 1 aromatic rings. The summed E-state index contributed by atoms with van der Waals surface area (Å²) in [6.45, 7) is 0.858. The molecule has 160 valence electrons. The van der Waals surface area contributed by atoms with Gasteiger partial charge < -0.3 is 15.4 Å². The minimum Gasteiger partial charge on any atom is -0.454 e. The number of nitrogens with zero attached hydrogens (tertiary/aromatic N) is 1. The molecule has 1 aromatic carbocycles. The summed E-state index contributed by atoms with van der Waals surface area (Å²) in [4.78, 5) is 62.3. The van der Waals surface area contributed by atoms with Crippen LogP contribution >= 0.6 is 0 Å². The van der Waals surface area contributed by atoms with Gasteiger partial charge in [0.2, 0.25) is 11.8 Å². The smallest absolute Gasteiger partial charge is 0.329 e. The molecular formula is C21H25N3O6.